The van der Waals surface area contributed by atoms with Crippen molar-refractivity contribution in [2.45, 2.75) is 18.6 Å². The molecule has 0 saturated carbocycles. The predicted molar refractivity (Wildman–Crippen MR) is 58.1 cm³/mol. The monoisotopic (exact) mass is 216 g/mol. The van der Waals surface area contributed by atoms with Gasteiger partial charge in [-0.1, -0.05) is 29.8 Å². The lowest BCUT2D eigenvalue weighted by molar-refractivity contribution is 0.318. The first-order valence-corrected chi connectivity index (χ1v) is 4.92. The van der Waals surface area contributed by atoms with Crippen LogP contribution in [0.25, 0.3) is 0 Å². The molecule has 2 rings (SSSR count). The molecule has 1 aromatic rings. The third-order valence-electron chi connectivity index (χ3n) is 2.70. The van der Waals surface area contributed by atoms with Crippen molar-refractivity contribution in [1.82, 2.24) is 0 Å². The molecule has 1 heterocycles. The second kappa shape index (κ2) is 3.62. The topological polar surface area (TPSA) is 69.4 Å². The number of hydrogen-bond acceptors (Lipinski definition) is 4. The van der Waals surface area contributed by atoms with E-state index in [0.717, 1.165) is 11.1 Å². The summed E-state index contributed by atoms with van der Waals surface area (Å²) in [5.41, 5.74) is 0.826. The highest BCUT2D eigenvalue weighted by molar-refractivity contribution is 5.89. The fourth-order valence-corrected chi connectivity index (χ4v) is 1.66. The van der Waals surface area contributed by atoms with Gasteiger partial charge in [0.15, 0.2) is 0 Å². The maximum Gasteiger partial charge on any atom is 0.260 e. The molecule has 1 fully saturated rings. The van der Waals surface area contributed by atoms with Crippen LogP contribution in [0.4, 0.5) is 0 Å². The van der Waals surface area contributed by atoms with Crippen molar-refractivity contribution in [3.05, 3.63) is 35.4 Å². The predicted octanol–water partition coefficient (Wildman–Crippen LogP) is 1.95. The van der Waals surface area contributed by atoms with E-state index in [1.807, 2.05) is 37.3 Å². The molecular weight excluding hydrogens is 204 g/mol. The Bertz CT molecular complexity index is 461. The van der Waals surface area contributed by atoms with E-state index in [0.29, 0.717) is 0 Å². The van der Waals surface area contributed by atoms with Crippen LogP contribution in [-0.2, 0) is 9.47 Å². The fourth-order valence-electron chi connectivity index (χ4n) is 1.66. The minimum absolute atomic E-state index is 0.138. The number of nitrogens with one attached hydrogen (secondary N) is 1. The van der Waals surface area contributed by atoms with Crippen molar-refractivity contribution in [2.75, 3.05) is 7.11 Å². The standard InChI is InChI=1S/C12H12N2O2/c1-8-3-5-9(6-4-8)10-12(7-13,16-10)11(14)15-2/h3-6,10,14H,1-2H3/t10-,12-/m1/s1. The van der Waals surface area contributed by atoms with Gasteiger partial charge in [0.2, 0.25) is 5.90 Å². The zero-order chi connectivity index (χ0) is 11.8. The first-order chi connectivity index (χ1) is 7.64. The minimum Gasteiger partial charge on any atom is -0.482 e. The van der Waals surface area contributed by atoms with Crippen molar-refractivity contribution < 1.29 is 9.47 Å². The Morgan fingerprint density at radius 3 is 2.62 bits per heavy atom. The Kier molecular flexibility index (Phi) is 2.41. The molecule has 1 aliphatic rings. The molecule has 0 bridgehead atoms. The molecule has 16 heavy (non-hydrogen) atoms. The number of ether oxygens (including phenoxy) is 2. The molecular formula is C12H12N2O2. The van der Waals surface area contributed by atoms with Crippen molar-refractivity contribution in [1.29, 1.82) is 10.7 Å². The molecule has 1 saturated heterocycles. The van der Waals surface area contributed by atoms with Crippen molar-refractivity contribution >= 4 is 5.90 Å². The van der Waals surface area contributed by atoms with Gasteiger partial charge in [0.25, 0.3) is 5.60 Å². The van der Waals surface area contributed by atoms with E-state index in [2.05, 4.69) is 0 Å². The Balaban J connectivity index is 2.25. The van der Waals surface area contributed by atoms with E-state index >= 15 is 0 Å². The lowest BCUT2D eigenvalue weighted by atomic mass is 10.00. The van der Waals surface area contributed by atoms with Gasteiger partial charge in [-0.25, -0.2) is 0 Å². The summed E-state index contributed by atoms with van der Waals surface area (Å²) in [6.07, 6.45) is -0.384. The van der Waals surface area contributed by atoms with E-state index in [1.54, 1.807) is 0 Å². The SMILES string of the molecule is COC(=N)[C@]1(C#N)O[C@@H]1c1ccc(C)cc1. The zero-order valence-electron chi connectivity index (χ0n) is 9.15. The molecule has 4 nitrogen and oxygen atoms in total. The smallest absolute Gasteiger partial charge is 0.260 e. The van der Waals surface area contributed by atoms with Gasteiger partial charge in [-0.2, -0.15) is 5.26 Å². The third kappa shape index (κ3) is 1.46. The van der Waals surface area contributed by atoms with E-state index in [9.17, 15) is 0 Å². The fraction of sp³-hybridized carbons (Fsp3) is 0.333. The number of benzene rings is 1. The Labute approximate surface area is 93.9 Å². The molecule has 0 radical (unpaired) electrons. The second-order valence-corrected chi connectivity index (χ2v) is 3.79. The molecule has 0 aliphatic carbocycles. The number of methoxy groups -OCH3 is 1. The molecule has 0 aromatic heterocycles. The highest BCUT2D eigenvalue weighted by Crippen LogP contribution is 2.50. The van der Waals surface area contributed by atoms with Gasteiger partial charge >= 0.3 is 0 Å². The first-order valence-electron chi connectivity index (χ1n) is 4.92. The van der Waals surface area contributed by atoms with Crippen molar-refractivity contribution in [3.63, 3.8) is 0 Å². The maximum absolute atomic E-state index is 9.05. The lowest BCUT2D eigenvalue weighted by Gasteiger charge is -2.04. The summed E-state index contributed by atoms with van der Waals surface area (Å²) in [5.74, 6) is -0.138. The highest BCUT2D eigenvalue weighted by atomic mass is 16.6. The van der Waals surface area contributed by atoms with Crippen LogP contribution in [0.3, 0.4) is 0 Å². The molecule has 1 N–H and O–H groups in total. The summed E-state index contributed by atoms with van der Waals surface area (Å²) in [7, 11) is 1.37. The minimum atomic E-state index is -1.22. The third-order valence-corrected chi connectivity index (χ3v) is 2.70. The molecule has 1 aliphatic heterocycles. The van der Waals surface area contributed by atoms with E-state index in [4.69, 9.17) is 20.1 Å². The quantitative estimate of drug-likeness (QED) is 0.466. The van der Waals surface area contributed by atoms with Crippen LogP contribution in [0, 0.1) is 23.7 Å². The molecule has 0 unspecified atom stereocenters. The number of nitriles is 1. The van der Waals surface area contributed by atoms with Gasteiger partial charge in [-0.05, 0) is 12.5 Å². The Morgan fingerprint density at radius 1 is 1.50 bits per heavy atom. The molecule has 0 spiro atoms. The van der Waals surface area contributed by atoms with Crippen LogP contribution in [0.5, 0.6) is 0 Å². The van der Waals surface area contributed by atoms with Gasteiger partial charge in [0, 0.05) is 0 Å². The molecule has 82 valence electrons. The van der Waals surface area contributed by atoms with E-state index in [-0.39, 0.29) is 12.0 Å². The maximum atomic E-state index is 9.05. The zero-order valence-corrected chi connectivity index (χ0v) is 9.15. The average molecular weight is 216 g/mol. The normalized spacial score (nSPS) is 26.9. The van der Waals surface area contributed by atoms with Crippen LogP contribution in [-0.4, -0.2) is 18.6 Å². The van der Waals surface area contributed by atoms with Crippen LogP contribution in [0.15, 0.2) is 24.3 Å². The molecule has 2 atom stereocenters. The van der Waals surface area contributed by atoms with Crippen LogP contribution in [0.1, 0.15) is 17.2 Å². The summed E-state index contributed by atoms with van der Waals surface area (Å²) in [6, 6.07) is 9.71. The van der Waals surface area contributed by atoms with Gasteiger partial charge in [0.1, 0.15) is 12.2 Å². The Hall–Kier alpha value is -1.86. The second-order valence-electron chi connectivity index (χ2n) is 3.79. The summed E-state index contributed by atoms with van der Waals surface area (Å²) in [4.78, 5) is 0. The van der Waals surface area contributed by atoms with Crippen LogP contribution in [0.2, 0.25) is 0 Å². The van der Waals surface area contributed by atoms with E-state index in [1.165, 1.54) is 7.11 Å². The van der Waals surface area contributed by atoms with Crippen molar-refractivity contribution in [3.8, 4) is 6.07 Å². The Morgan fingerprint density at radius 2 is 2.12 bits per heavy atom. The number of hydrogen-bond donors (Lipinski definition) is 1. The van der Waals surface area contributed by atoms with Gasteiger partial charge in [-0.3, -0.25) is 5.41 Å². The largest absolute Gasteiger partial charge is 0.482 e. The van der Waals surface area contributed by atoms with Crippen LogP contribution >= 0.6 is 0 Å². The average Bonchev–Trinajstić information content (AvgIpc) is 3.05. The van der Waals surface area contributed by atoms with Gasteiger partial charge < -0.3 is 9.47 Å². The number of epoxide rings is 1. The summed E-state index contributed by atoms with van der Waals surface area (Å²) < 4.78 is 10.1. The molecule has 0 amide bonds. The van der Waals surface area contributed by atoms with Gasteiger partial charge in [0.05, 0.1) is 7.11 Å². The number of rotatable bonds is 2. The number of nitrogens with zero attached hydrogens (tertiary/aromatic N) is 1. The molecule has 1 aromatic carbocycles. The van der Waals surface area contributed by atoms with Crippen LogP contribution < -0.4 is 0 Å². The highest BCUT2D eigenvalue weighted by Gasteiger charge is 2.63. The number of aryl methyl sites for hydroxylation is 1. The summed E-state index contributed by atoms with van der Waals surface area (Å²) in [5, 5.41) is 16.6. The molecule has 4 heteroatoms. The summed E-state index contributed by atoms with van der Waals surface area (Å²) in [6.45, 7) is 1.99. The first kappa shape index (κ1) is 10.7. The van der Waals surface area contributed by atoms with Gasteiger partial charge in [-0.15, -0.1) is 0 Å². The van der Waals surface area contributed by atoms with Crippen molar-refractivity contribution in [2.24, 2.45) is 0 Å². The van der Waals surface area contributed by atoms with E-state index < -0.39 is 5.60 Å². The summed E-state index contributed by atoms with van der Waals surface area (Å²) >= 11 is 0. The lowest BCUT2D eigenvalue weighted by Crippen LogP contribution is -2.24.